The summed E-state index contributed by atoms with van der Waals surface area (Å²) in [5.41, 5.74) is 0.697. The second-order valence-corrected chi connectivity index (χ2v) is 5.13. The van der Waals surface area contributed by atoms with Gasteiger partial charge in [0.2, 0.25) is 0 Å². The molecule has 1 aromatic rings. The third-order valence-corrected chi connectivity index (χ3v) is 3.68. The summed E-state index contributed by atoms with van der Waals surface area (Å²) >= 11 is 1.64. The molecule has 0 spiro atoms. The number of hydrogen-bond acceptors (Lipinski definition) is 4. The van der Waals surface area contributed by atoms with Crippen molar-refractivity contribution in [2.75, 3.05) is 13.1 Å². The van der Waals surface area contributed by atoms with Crippen molar-refractivity contribution in [2.45, 2.75) is 23.8 Å². The zero-order valence-corrected chi connectivity index (χ0v) is 9.82. The molecule has 1 aromatic carbocycles. The second kappa shape index (κ2) is 5.48. The molecule has 1 N–H and O–H groups in total. The summed E-state index contributed by atoms with van der Waals surface area (Å²) in [6.45, 7) is 1.73. The standard InChI is InChI=1S/C12H15NO2S/c14-9-10-3-5-12(6-4-10)16-13-7-1-2-11(15)8-13/h3-6,9,11,15H,1-2,7-8H2. The first-order valence-corrected chi connectivity index (χ1v) is 6.21. The molecule has 4 heteroatoms. The van der Waals surface area contributed by atoms with Crippen LogP contribution >= 0.6 is 11.9 Å². The number of carbonyl (C=O) groups is 1. The van der Waals surface area contributed by atoms with Gasteiger partial charge in [0.1, 0.15) is 6.29 Å². The predicted octanol–water partition coefficient (Wildman–Crippen LogP) is 1.96. The lowest BCUT2D eigenvalue weighted by atomic mass is 10.1. The molecule has 3 nitrogen and oxygen atoms in total. The van der Waals surface area contributed by atoms with Gasteiger partial charge in [-0.15, -0.1) is 0 Å². The fourth-order valence-corrected chi connectivity index (χ4v) is 2.78. The minimum absolute atomic E-state index is 0.199. The number of aliphatic hydroxyl groups excluding tert-OH is 1. The molecule has 0 aromatic heterocycles. The molecule has 1 heterocycles. The van der Waals surface area contributed by atoms with Gasteiger partial charge in [-0.3, -0.25) is 4.79 Å². The molecule has 86 valence electrons. The zero-order chi connectivity index (χ0) is 11.4. The van der Waals surface area contributed by atoms with Gasteiger partial charge in [-0.05, 0) is 36.9 Å². The number of nitrogens with zero attached hydrogens (tertiary/aromatic N) is 1. The third-order valence-electron chi connectivity index (χ3n) is 2.61. The lowest BCUT2D eigenvalue weighted by Gasteiger charge is -2.28. The van der Waals surface area contributed by atoms with Crippen LogP contribution in [0.1, 0.15) is 23.2 Å². The zero-order valence-electron chi connectivity index (χ0n) is 9.00. The first-order valence-electron chi connectivity index (χ1n) is 5.44. The summed E-state index contributed by atoms with van der Waals surface area (Å²) in [6, 6.07) is 7.51. The molecule has 0 bridgehead atoms. The first-order chi connectivity index (χ1) is 7.78. The Labute approximate surface area is 99.6 Å². The molecule has 1 aliphatic heterocycles. The smallest absolute Gasteiger partial charge is 0.150 e. The monoisotopic (exact) mass is 237 g/mol. The van der Waals surface area contributed by atoms with E-state index in [1.54, 1.807) is 11.9 Å². The number of piperidine rings is 1. The van der Waals surface area contributed by atoms with Crippen molar-refractivity contribution in [1.82, 2.24) is 4.31 Å². The highest BCUT2D eigenvalue weighted by Gasteiger charge is 2.18. The summed E-state index contributed by atoms with van der Waals surface area (Å²) < 4.78 is 2.17. The van der Waals surface area contributed by atoms with E-state index in [0.717, 1.165) is 37.1 Å². The molecule has 1 unspecified atom stereocenters. The van der Waals surface area contributed by atoms with Crippen LogP contribution in [0.5, 0.6) is 0 Å². The molecule has 1 saturated heterocycles. The predicted molar refractivity (Wildman–Crippen MR) is 64.5 cm³/mol. The Morgan fingerprint density at radius 3 is 2.75 bits per heavy atom. The van der Waals surface area contributed by atoms with Crippen molar-refractivity contribution >= 4 is 18.2 Å². The Bertz CT molecular complexity index is 353. The summed E-state index contributed by atoms with van der Waals surface area (Å²) in [7, 11) is 0. The van der Waals surface area contributed by atoms with Crippen molar-refractivity contribution < 1.29 is 9.90 Å². The lowest BCUT2D eigenvalue weighted by Crippen LogP contribution is -2.33. The van der Waals surface area contributed by atoms with Crippen molar-refractivity contribution in [3.63, 3.8) is 0 Å². The average molecular weight is 237 g/mol. The Hall–Kier alpha value is -0.840. The number of aldehydes is 1. The van der Waals surface area contributed by atoms with Crippen LogP contribution in [-0.4, -0.2) is 34.9 Å². The maximum Gasteiger partial charge on any atom is 0.150 e. The van der Waals surface area contributed by atoms with Crippen molar-refractivity contribution in [1.29, 1.82) is 0 Å². The molecular weight excluding hydrogens is 222 g/mol. The van der Waals surface area contributed by atoms with Gasteiger partial charge in [0.05, 0.1) is 6.10 Å². The largest absolute Gasteiger partial charge is 0.392 e. The van der Waals surface area contributed by atoms with Gasteiger partial charge in [-0.25, -0.2) is 4.31 Å². The van der Waals surface area contributed by atoms with Crippen LogP contribution in [0.2, 0.25) is 0 Å². The van der Waals surface area contributed by atoms with E-state index in [-0.39, 0.29) is 6.10 Å². The van der Waals surface area contributed by atoms with Crippen LogP contribution in [0.15, 0.2) is 29.2 Å². The molecular formula is C12H15NO2S. The van der Waals surface area contributed by atoms with Gasteiger partial charge in [0.25, 0.3) is 0 Å². The molecule has 16 heavy (non-hydrogen) atoms. The molecule has 1 aliphatic rings. The summed E-state index contributed by atoms with van der Waals surface area (Å²) in [5, 5.41) is 9.54. The first kappa shape index (κ1) is 11.6. The van der Waals surface area contributed by atoms with Crippen LogP contribution in [0.25, 0.3) is 0 Å². The number of benzene rings is 1. The maximum atomic E-state index is 10.5. The van der Waals surface area contributed by atoms with Gasteiger partial charge in [0.15, 0.2) is 0 Å². The Kier molecular flexibility index (Phi) is 3.98. The minimum atomic E-state index is -0.199. The van der Waals surface area contributed by atoms with Gasteiger partial charge in [-0.2, -0.15) is 0 Å². The van der Waals surface area contributed by atoms with Crippen molar-refractivity contribution in [3.8, 4) is 0 Å². The van der Waals surface area contributed by atoms with E-state index in [9.17, 15) is 9.90 Å². The van der Waals surface area contributed by atoms with Gasteiger partial charge >= 0.3 is 0 Å². The number of rotatable bonds is 3. The minimum Gasteiger partial charge on any atom is -0.392 e. The lowest BCUT2D eigenvalue weighted by molar-refractivity contribution is 0.112. The van der Waals surface area contributed by atoms with E-state index >= 15 is 0 Å². The number of β-amino-alcohol motifs (C(OH)–C–C–N with tert-alkyl or cyclic N) is 1. The van der Waals surface area contributed by atoms with Gasteiger partial charge in [-0.1, -0.05) is 12.1 Å². The molecule has 0 amide bonds. The van der Waals surface area contributed by atoms with E-state index in [0.29, 0.717) is 5.56 Å². The molecule has 0 saturated carbocycles. The van der Waals surface area contributed by atoms with E-state index < -0.39 is 0 Å². The fourth-order valence-electron chi connectivity index (χ4n) is 1.76. The Balaban J connectivity index is 1.94. The van der Waals surface area contributed by atoms with Crippen LogP contribution in [-0.2, 0) is 0 Å². The Morgan fingerprint density at radius 2 is 2.12 bits per heavy atom. The topological polar surface area (TPSA) is 40.5 Å². The van der Waals surface area contributed by atoms with E-state index in [2.05, 4.69) is 4.31 Å². The molecule has 2 rings (SSSR count). The quantitative estimate of drug-likeness (QED) is 0.644. The van der Waals surface area contributed by atoms with E-state index in [1.165, 1.54) is 0 Å². The Morgan fingerprint density at radius 1 is 1.38 bits per heavy atom. The number of aliphatic hydroxyl groups is 1. The summed E-state index contributed by atoms with van der Waals surface area (Å²) in [5.74, 6) is 0. The highest BCUT2D eigenvalue weighted by molar-refractivity contribution is 7.97. The molecule has 0 aliphatic carbocycles. The SMILES string of the molecule is O=Cc1ccc(SN2CCCC(O)C2)cc1. The molecule has 1 fully saturated rings. The number of hydrogen-bond donors (Lipinski definition) is 1. The van der Waals surface area contributed by atoms with Gasteiger partial charge < -0.3 is 5.11 Å². The number of carbonyl (C=O) groups excluding carboxylic acids is 1. The van der Waals surface area contributed by atoms with Crippen molar-refractivity contribution in [2.24, 2.45) is 0 Å². The highest BCUT2D eigenvalue weighted by atomic mass is 32.2. The van der Waals surface area contributed by atoms with E-state index in [1.807, 2.05) is 24.3 Å². The van der Waals surface area contributed by atoms with Gasteiger partial charge in [0, 0.05) is 23.5 Å². The molecule has 0 radical (unpaired) electrons. The highest BCUT2D eigenvalue weighted by Crippen LogP contribution is 2.26. The summed E-state index contributed by atoms with van der Waals surface area (Å²) in [6.07, 6.45) is 2.59. The molecule has 1 atom stereocenters. The third kappa shape index (κ3) is 3.07. The fraction of sp³-hybridized carbons (Fsp3) is 0.417. The van der Waals surface area contributed by atoms with E-state index in [4.69, 9.17) is 0 Å². The maximum absolute atomic E-state index is 10.5. The van der Waals surface area contributed by atoms with Crippen LogP contribution in [0, 0.1) is 0 Å². The summed E-state index contributed by atoms with van der Waals surface area (Å²) in [4.78, 5) is 11.6. The van der Waals surface area contributed by atoms with Crippen LogP contribution < -0.4 is 0 Å². The normalized spacial score (nSPS) is 21.9. The average Bonchev–Trinajstić information content (AvgIpc) is 2.30. The van der Waals surface area contributed by atoms with Crippen LogP contribution in [0.4, 0.5) is 0 Å². The van der Waals surface area contributed by atoms with Crippen LogP contribution in [0.3, 0.4) is 0 Å². The van der Waals surface area contributed by atoms with Crippen molar-refractivity contribution in [3.05, 3.63) is 29.8 Å². The second-order valence-electron chi connectivity index (χ2n) is 3.96.